The highest BCUT2D eigenvalue weighted by molar-refractivity contribution is 9.10. The van der Waals surface area contributed by atoms with Crippen molar-refractivity contribution in [2.24, 2.45) is 0 Å². The zero-order valence-corrected chi connectivity index (χ0v) is 20.2. The minimum atomic E-state index is -0.284. The molecule has 1 aliphatic rings. The van der Waals surface area contributed by atoms with Crippen LogP contribution in [0.25, 0.3) is 6.08 Å². The molecule has 0 unspecified atom stereocenters. The van der Waals surface area contributed by atoms with Crippen molar-refractivity contribution < 1.29 is 19.1 Å². The molecule has 1 aliphatic heterocycles. The molecule has 0 radical (unpaired) electrons. The number of hydrogen-bond donors (Lipinski definition) is 1. The molecule has 2 aromatic carbocycles. The number of carbonyl (C=O) groups is 2. The molecule has 0 spiro atoms. The Hall–Kier alpha value is -2.36. The molecule has 9 heteroatoms. The van der Waals surface area contributed by atoms with Gasteiger partial charge in [0.2, 0.25) is 0 Å². The summed E-state index contributed by atoms with van der Waals surface area (Å²) in [5.41, 5.74) is 1.46. The summed E-state index contributed by atoms with van der Waals surface area (Å²) in [4.78, 5) is 26.9. The number of ether oxygens (including phenoxy) is 2. The molecule has 6 nitrogen and oxygen atoms in total. The fraction of sp³-hybridized carbons (Fsp3) is 0.227. The molecule has 1 saturated heterocycles. The van der Waals surface area contributed by atoms with Crippen LogP contribution in [0.15, 0.2) is 51.8 Å². The lowest BCUT2D eigenvalue weighted by Crippen LogP contribution is -2.28. The van der Waals surface area contributed by atoms with Crippen LogP contribution in [0.3, 0.4) is 0 Å². The molecule has 2 amide bonds. The first-order chi connectivity index (χ1) is 14.9. The van der Waals surface area contributed by atoms with Gasteiger partial charge in [-0.2, -0.15) is 0 Å². The van der Waals surface area contributed by atoms with E-state index in [9.17, 15) is 9.59 Å². The maximum Gasteiger partial charge on any atom is 0.266 e. The Kier molecular flexibility index (Phi) is 8.11. The smallest absolute Gasteiger partial charge is 0.266 e. The predicted octanol–water partition coefficient (Wildman–Crippen LogP) is 5.09. The molecular weight excluding hydrogens is 500 g/mol. The Labute approximate surface area is 199 Å². The third-order valence-electron chi connectivity index (χ3n) is 4.29. The third kappa shape index (κ3) is 6.09. The van der Waals surface area contributed by atoms with E-state index in [-0.39, 0.29) is 18.4 Å². The first-order valence-electron chi connectivity index (χ1n) is 9.53. The number of thioether (sulfide) groups is 1. The van der Waals surface area contributed by atoms with Crippen LogP contribution in [0.4, 0.5) is 5.69 Å². The second-order valence-electron chi connectivity index (χ2n) is 6.59. The second kappa shape index (κ2) is 10.8. The number of nitrogens with zero attached hydrogens (tertiary/aromatic N) is 1. The number of hydrogen-bond acceptors (Lipinski definition) is 6. The molecular formula is C22H21BrN2O4S2. The van der Waals surface area contributed by atoms with Crippen molar-refractivity contribution in [2.45, 2.75) is 13.3 Å². The van der Waals surface area contributed by atoms with Crippen molar-refractivity contribution in [1.82, 2.24) is 4.90 Å². The van der Waals surface area contributed by atoms with Gasteiger partial charge < -0.3 is 14.8 Å². The van der Waals surface area contributed by atoms with Gasteiger partial charge in [0.1, 0.15) is 4.32 Å². The lowest BCUT2D eigenvalue weighted by molar-refractivity contribution is -0.122. The number of amides is 2. The highest BCUT2D eigenvalue weighted by Gasteiger charge is 2.31. The topological polar surface area (TPSA) is 67.9 Å². The van der Waals surface area contributed by atoms with Crippen molar-refractivity contribution >= 4 is 67.8 Å². The van der Waals surface area contributed by atoms with Crippen LogP contribution in [-0.4, -0.2) is 41.3 Å². The van der Waals surface area contributed by atoms with Gasteiger partial charge in [-0.25, -0.2) is 0 Å². The second-order valence-corrected chi connectivity index (χ2v) is 9.18. The van der Waals surface area contributed by atoms with Crippen LogP contribution in [-0.2, 0) is 9.59 Å². The van der Waals surface area contributed by atoms with E-state index >= 15 is 0 Å². The summed E-state index contributed by atoms with van der Waals surface area (Å²) in [6.45, 7) is 2.45. The summed E-state index contributed by atoms with van der Waals surface area (Å²) < 4.78 is 12.5. The minimum Gasteiger partial charge on any atom is -0.493 e. The summed E-state index contributed by atoms with van der Waals surface area (Å²) in [7, 11) is 1.52. The zero-order chi connectivity index (χ0) is 22.4. The van der Waals surface area contributed by atoms with E-state index in [0.29, 0.717) is 33.0 Å². The van der Waals surface area contributed by atoms with E-state index in [0.717, 1.165) is 16.5 Å². The normalized spacial score (nSPS) is 14.8. The molecule has 0 saturated carbocycles. The highest BCUT2D eigenvalue weighted by atomic mass is 79.9. The van der Waals surface area contributed by atoms with Crippen molar-refractivity contribution in [3.8, 4) is 11.5 Å². The van der Waals surface area contributed by atoms with Crippen LogP contribution in [0.1, 0.15) is 18.9 Å². The number of thiocarbonyl (C=S) groups is 1. The Morgan fingerprint density at radius 1 is 1.23 bits per heavy atom. The summed E-state index contributed by atoms with van der Waals surface area (Å²) in [5, 5.41) is 2.77. The van der Waals surface area contributed by atoms with Crippen LogP contribution in [0, 0.1) is 0 Å². The first-order valence-corrected chi connectivity index (χ1v) is 11.5. The zero-order valence-electron chi connectivity index (χ0n) is 17.0. The van der Waals surface area contributed by atoms with Gasteiger partial charge in [0.15, 0.2) is 18.1 Å². The lowest BCUT2D eigenvalue weighted by atomic mass is 10.2. The number of halogens is 1. The largest absolute Gasteiger partial charge is 0.493 e. The highest BCUT2D eigenvalue weighted by Crippen LogP contribution is 2.34. The molecule has 1 N–H and O–H groups in total. The Morgan fingerprint density at radius 3 is 2.65 bits per heavy atom. The van der Waals surface area contributed by atoms with E-state index in [1.165, 1.54) is 18.9 Å². The Morgan fingerprint density at radius 2 is 1.97 bits per heavy atom. The third-order valence-corrected chi connectivity index (χ3v) is 6.20. The average molecular weight is 521 g/mol. The van der Waals surface area contributed by atoms with Gasteiger partial charge in [-0.1, -0.05) is 52.9 Å². The van der Waals surface area contributed by atoms with E-state index < -0.39 is 0 Å². The average Bonchev–Trinajstić information content (AvgIpc) is 3.02. The van der Waals surface area contributed by atoms with E-state index in [1.54, 1.807) is 41.3 Å². The van der Waals surface area contributed by atoms with E-state index in [1.807, 2.05) is 19.1 Å². The molecule has 0 aliphatic carbocycles. The first kappa shape index (κ1) is 23.3. The van der Waals surface area contributed by atoms with E-state index in [4.69, 9.17) is 21.7 Å². The number of rotatable bonds is 8. The fourth-order valence-corrected chi connectivity index (χ4v) is 4.41. The predicted molar refractivity (Wildman–Crippen MR) is 131 cm³/mol. The molecule has 0 bridgehead atoms. The van der Waals surface area contributed by atoms with Crippen LogP contribution in [0.5, 0.6) is 11.5 Å². The van der Waals surface area contributed by atoms with Gasteiger partial charge in [-0.15, -0.1) is 0 Å². The molecule has 1 heterocycles. The number of nitrogens with one attached hydrogen (secondary N) is 1. The van der Waals surface area contributed by atoms with Crippen molar-refractivity contribution in [3.05, 3.63) is 57.4 Å². The van der Waals surface area contributed by atoms with Crippen molar-refractivity contribution in [1.29, 1.82) is 0 Å². The van der Waals surface area contributed by atoms with Gasteiger partial charge in [0, 0.05) is 16.7 Å². The van der Waals surface area contributed by atoms with Gasteiger partial charge in [-0.3, -0.25) is 14.5 Å². The molecule has 0 aromatic heterocycles. The van der Waals surface area contributed by atoms with Crippen LogP contribution < -0.4 is 14.8 Å². The molecule has 3 rings (SSSR count). The Bertz CT molecular complexity index is 1020. The van der Waals surface area contributed by atoms with Crippen molar-refractivity contribution in [3.63, 3.8) is 0 Å². The summed E-state index contributed by atoms with van der Waals surface area (Å²) in [6.07, 6.45) is 2.62. The number of methoxy groups -OCH3 is 1. The summed E-state index contributed by atoms with van der Waals surface area (Å²) in [5.74, 6) is 0.534. The van der Waals surface area contributed by atoms with Crippen LogP contribution in [0.2, 0.25) is 0 Å². The minimum absolute atomic E-state index is 0.0826. The Balaban J connectivity index is 1.66. The fourth-order valence-electron chi connectivity index (χ4n) is 2.83. The molecule has 1 fully saturated rings. The maximum absolute atomic E-state index is 12.5. The van der Waals surface area contributed by atoms with Gasteiger partial charge >= 0.3 is 0 Å². The van der Waals surface area contributed by atoms with Crippen molar-refractivity contribution in [2.75, 3.05) is 25.6 Å². The maximum atomic E-state index is 12.5. The number of carbonyl (C=O) groups excluding carboxylic acids is 2. The number of anilines is 1. The quantitative estimate of drug-likeness (QED) is 0.386. The summed E-state index contributed by atoms with van der Waals surface area (Å²) >= 11 is 9.95. The van der Waals surface area contributed by atoms with E-state index in [2.05, 4.69) is 21.2 Å². The monoisotopic (exact) mass is 520 g/mol. The van der Waals surface area contributed by atoms with Gasteiger partial charge in [-0.05, 0) is 54.5 Å². The molecule has 0 atom stereocenters. The SMILES string of the molecule is CCCN1C(=O)/C(=C/c2ccc(OCC(=O)Nc3ccc(Br)cc3)c(OC)c2)SC1=S. The van der Waals surface area contributed by atoms with Gasteiger partial charge in [0.25, 0.3) is 11.8 Å². The standard InChI is InChI=1S/C22H21BrN2O4S2/c1-3-10-25-21(27)19(31-22(25)30)12-14-4-9-17(18(11-14)28-2)29-13-20(26)24-16-7-5-15(23)6-8-16/h4-9,11-12H,3,10,13H2,1-2H3,(H,24,26)/b19-12-. The molecule has 2 aromatic rings. The van der Waals surface area contributed by atoms with Gasteiger partial charge in [0.05, 0.1) is 12.0 Å². The molecule has 31 heavy (non-hydrogen) atoms. The summed E-state index contributed by atoms with van der Waals surface area (Å²) in [6, 6.07) is 12.5. The van der Waals surface area contributed by atoms with Crippen LogP contribution >= 0.6 is 39.9 Å². The number of benzene rings is 2. The molecule has 162 valence electrons. The lowest BCUT2D eigenvalue weighted by Gasteiger charge is -2.12.